The number of hydrogen-bond acceptors (Lipinski definition) is 3. The van der Waals surface area contributed by atoms with Crippen molar-refractivity contribution in [3.63, 3.8) is 0 Å². The molecule has 0 radical (unpaired) electrons. The molecule has 1 amide bonds. The summed E-state index contributed by atoms with van der Waals surface area (Å²) in [6, 6.07) is 14.7. The molecule has 0 fully saturated rings. The molecular weight excluding hydrogens is 300 g/mol. The SMILES string of the molecule is O=C(Cc1ccccc1Cl)Nc1ccccc1-n1cncn1. The van der Waals surface area contributed by atoms with Gasteiger partial charge in [-0.3, -0.25) is 4.79 Å². The van der Waals surface area contributed by atoms with E-state index in [4.69, 9.17) is 11.6 Å². The molecule has 2 aromatic carbocycles. The molecule has 5 nitrogen and oxygen atoms in total. The summed E-state index contributed by atoms with van der Waals surface area (Å²) in [5.74, 6) is -0.138. The van der Waals surface area contributed by atoms with Gasteiger partial charge in [0.25, 0.3) is 0 Å². The van der Waals surface area contributed by atoms with Crippen molar-refractivity contribution in [3.8, 4) is 5.69 Å². The predicted octanol–water partition coefficient (Wildman–Crippen LogP) is 3.10. The third-order valence-corrected chi connectivity index (χ3v) is 3.52. The van der Waals surface area contributed by atoms with Gasteiger partial charge in [-0.25, -0.2) is 9.67 Å². The van der Waals surface area contributed by atoms with Crippen LogP contribution in [0.4, 0.5) is 5.69 Å². The van der Waals surface area contributed by atoms with Crippen molar-refractivity contribution in [1.29, 1.82) is 0 Å². The van der Waals surface area contributed by atoms with E-state index in [1.165, 1.54) is 6.33 Å². The third kappa shape index (κ3) is 3.15. The van der Waals surface area contributed by atoms with Crippen LogP contribution in [0.25, 0.3) is 5.69 Å². The summed E-state index contributed by atoms with van der Waals surface area (Å²) in [6.45, 7) is 0. The minimum absolute atomic E-state index is 0.138. The van der Waals surface area contributed by atoms with Crippen LogP contribution in [0.5, 0.6) is 0 Å². The molecule has 0 unspecified atom stereocenters. The summed E-state index contributed by atoms with van der Waals surface area (Å²) < 4.78 is 1.60. The molecule has 22 heavy (non-hydrogen) atoms. The Bertz CT molecular complexity index is 786. The molecule has 1 aromatic heterocycles. The topological polar surface area (TPSA) is 59.8 Å². The Labute approximate surface area is 132 Å². The number of nitrogens with one attached hydrogen (secondary N) is 1. The highest BCUT2D eigenvalue weighted by Crippen LogP contribution is 2.20. The quantitative estimate of drug-likeness (QED) is 0.805. The van der Waals surface area contributed by atoms with Crippen LogP contribution in [0.15, 0.2) is 61.2 Å². The first-order valence-electron chi connectivity index (χ1n) is 6.71. The van der Waals surface area contributed by atoms with Gasteiger partial charge in [0.15, 0.2) is 0 Å². The van der Waals surface area contributed by atoms with Crippen LogP contribution in [0.2, 0.25) is 5.02 Å². The first-order valence-corrected chi connectivity index (χ1v) is 7.09. The van der Waals surface area contributed by atoms with Crippen molar-refractivity contribution in [3.05, 3.63) is 71.8 Å². The Morgan fingerprint density at radius 1 is 1.14 bits per heavy atom. The van der Waals surface area contributed by atoms with Crippen LogP contribution in [0, 0.1) is 0 Å². The zero-order valence-corrected chi connectivity index (χ0v) is 12.4. The third-order valence-electron chi connectivity index (χ3n) is 3.15. The zero-order valence-electron chi connectivity index (χ0n) is 11.6. The molecule has 1 heterocycles. The number of anilines is 1. The van der Waals surface area contributed by atoms with Gasteiger partial charge in [-0.2, -0.15) is 5.10 Å². The smallest absolute Gasteiger partial charge is 0.228 e. The summed E-state index contributed by atoms with van der Waals surface area (Å²) in [6.07, 6.45) is 3.24. The molecule has 6 heteroatoms. The number of halogens is 1. The van der Waals surface area contributed by atoms with Gasteiger partial charge in [0, 0.05) is 5.02 Å². The maximum absolute atomic E-state index is 12.2. The Morgan fingerprint density at radius 2 is 1.91 bits per heavy atom. The molecule has 0 bridgehead atoms. The summed E-state index contributed by atoms with van der Waals surface area (Å²) in [7, 11) is 0. The Balaban J connectivity index is 1.79. The summed E-state index contributed by atoms with van der Waals surface area (Å²) in [5.41, 5.74) is 2.22. The van der Waals surface area contributed by atoms with Gasteiger partial charge in [-0.1, -0.05) is 41.9 Å². The zero-order chi connectivity index (χ0) is 15.4. The first-order chi connectivity index (χ1) is 10.7. The Morgan fingerprint density at radius 3 is 2.68 bits per heavy atom. The minimum atomic E-state index is -0.138. The average Bonchev–Trinajstić information content (AvgIpc) is 3.04. The lowest BCUT2D eigenvalue weighted by Gasteiger charge is -2.11. The lowest BCUT2D eigenvalue weighted by Crippen LogP contribution is -2.16. The van der Waals surface area contributed by atoms with Crippen molar-refractivity contribution < 1.29 is 4.79 Å². The largest absolute Gasteiger partial charge is 0.324 e. The van der Waals surface area contributed by atoms with Crippen LogP contribution in [-0.4, -0.2) is 20.7 Å². The second-order valence-corrected chi connectivity index (χ2v) is 5.08. The van der Waals surface area contributed by atoms with Crippen LogP contribution in [0.3, 0.4) is 0 Å². The molecule has 0 aliphatic rings. The molecule has 0 saturated carbocycles. The first kappa shape index (κ1) is 14.3. The highest BCUT2D eigenvalue weighted by atomic mass is 35.5. The van der Waals surface area contributed by atoms with E-state index in [0.29, 0.717) is 10.7 Å². The fourth-order valence-electron chi connectivity index (χ4n) is 2.12. The highest BCUT2D eigenvalue weighted by Gasteiger charge is 2.10. The van der Waals surface area contributed by atoms with E-state index in [-0.39, 0.29) is 12.3 Å². The van der Waals surface area contributed by atoms with Gasteiger partial charge in [-0.05, 0) is 23.8 Å². The Hall–Kier alpha value is -2.66. The van der Waals surface area contributed by atoms with E-state index in [1.807, 2.05) is 42.5 Å². The minimum Gasteiger partial charge on any atom is -0.324 e. The number of carbonyl (C=O) groups is 1. The lowest BCUT2D eigenvalue weighted by atomic mass is 10.1. The van der Waals surface area contributed by atoms with Crippen LogP contribution in [-0.2, 0) is 11.2 Å². The number of carbonyl (C=O) groups excluding carboxylic acids is 1. The maximum atomic E-state index is 12.2. The number of para-hydroxylation sites is 2. The van der Waals surface area contributed by atoms with E-state index in [9.17, 15) is 4.79 Å². The van der Waals surface area contributed by atoms with E-state index < -0.39 is 0 Å². The number of hydrogen-bond donors (Lipinski definition) is 1. The molecular formula is C16H13ClN4O. The predicted molar refractivity (Wildman–Crippen MR) is 85.1 cm³/mol. The second kappa shape index (κ2) is 6.41. The monoisotopic (exact) mass is 312 g/mol. The van der Waals surface area contributed by atoms with Gasteiger partial charge in [0.05, 0.1) is 17.8 Å². The van der Waals surface area contributed by atoms with Crippen molar-refractivity contribution in [2.24, 2.45) is 0 Å². The van der Waals surface area contributed by atoms with E-state index in [0.717, 1.165) is 11.3 Å². The molecule has 0 atom stereocenters. The standard InChI is InChI=1S/C16H13ClN4O/c17-13-6-2-1-5-12(13)9-16(22)20-14-7-3-4-8-15(14)21-11-18-10-19-21/h1-8,10-11H,9H2,(H,20,22). The maximum Gasteiger partial charge on any atom is 0.228 e. The van der Waals surface area contributed by atoms with Gasteiger partial charge in [0.2, 0.25) is 5.91 Å². The second-order valence-electron chi connectivity index (χ2n) is 4.67. The van der Waals surface area contributed by atoms with Crippen molar-refractivity contribution in [1.82, 2.24) is 14.8 Å². The summed E-state index contributed by atoms with van der Waals surface area (Å²) in [4.78, 5) is 16.2. The molecule has 1 N–H and O–H groups in total. The van der Waals surface area contributed by atoms with Gasteiger partial charge >= 0.3 is 0 Å². The lowest BCUT2D eigenvalue weighted by molar-refractivity contribution is -0.115. The number of aromatic nitrogens is 3. The summed E-state index contributed by atoms with van der Waals surface area (Å²) in [5, 5.41) is 7.56. The van der Waals surface area contributed by atoms with Crippen molar-refractivity contribution in [2.45, 2.75) is 6.42 Å². The number of amides is 1. The highest BCUT2D eigenvalue weighted by molar-refractivity contribution is 6.31. The molecule has 3 aromatic rings. The van der Waals surface area contributed by atoms with Crippen molar-refractivity contribution in [2.75, 3.05) is 5.32 Å². The fraction of sp³-hybridized carbons (Fsp3) is 0.0625. The van der Waals surface area contributed by atoms with E-state index in [1.54, 1.807) is 17.1 Å². The average molecular weight is 313 g/mol. The molecule has 110 valence electrons. The van der Waals surface area contributed by atoms with Crippen LogP contribution >= 0.6 is 11.6 Å². The number of benzene rings is 2. The molecule has 0 aliphatic carbocycles. The van der Waals surface area contributed by atoms with Gasteiger partial charge in [-0.15, -0.1) is 0 Å². The summed E-state index contributed by atoms with van der Waals surface area (Å²) >= 11 is 6.08. The van der Waals surface area contributed by atoms with E-state index in [2.05, 4.69) is 15.4 Å². The molecule has 0 saturated heterocycles. The van der Waals surface area contributed by atoms with Gasteiger partial charge < -0.3 is 5.32 Å². The van der Waals surface area contributed by atoms with Gasteiger partial charge in [0.1, 0.15) is 12.7 Å². The fourth-order valence-corrected chi connectivity index (χ4v) is 2.32. The normalized spacial score (nSPS) is 10.4. The molecule has 0 spiro atoms. The van der Waals surface area contributed by atoms with Crippen LogP contribution < -0.4 is 5.32 Å². The van der Waals surface area contributed by atoms with Crippen molar-refractivity contribution >= 4 is 23.2 Å². The van der Waals surface area contributed by atoms with Crippen LogP contribution in [0.1, 0.15) is 5.56 Å². The molecule has 3 rings (SSSR count). The number of nitrogens with zero attached hydrogens (tertiary/aromatic N) is 3. The van der Waals surface area contributed by atoms with E-state index >= 15 is 0 Å². The number of rotatable bonds is 4. The Kier molecular flexibility index (Phi) is 4.16. The molecule has 0 aliphatic heterocycles.